The highest BCUT2D eigenvalue weighted by atomic mass is 16.5. The van der Waals surface area contributed by atoms with Gasteiger partial charge in [-0.25, -0.2) is 4.79 Å². The van der Waals surface area contributed by atoms with Gasteiger partial charge in [0.2, 0.25) is 0 Å². The SMILES string of the molecule is COC(=O)C(O)C1CCN(CC2CCC(C)CC2)CC1. The molecular weight excluding hydrogens is 254 g/mol. The minimum atomic E-state index is -0.933. The number of hydrogen-bond acceptors (Lipinski definition) is 4. The molecule has 0 aromatic heterocycles. The summed E-state index contributed by atoms with van der Waals surface area (Å²) in [6.07, 6.45) is 6.36. The molecule has 0 radical (unpaired) electrons. The van der Waals surface area contributed by atoms with Crippen LogP contribution in [0.2, 0.25) is 0 Å². The first kappa shape index (κ1) is 15.8. The minimum absolute atomic E-state index is 0.0741. The molecule has 1 saturated carbocycles. The Morgan fingerprint density at radius 1 is 1.20 bits per heavy atom. The van der Waals surface area contributed by atoms with Gasteiger partial charge in [0.15, 0.2) is 6.10 Å². The van der Waals surface area contributed by atoms with E-state index >= 15 is 0 Å². The highest BCUT2D eigenvalue weighted by Crippen LogP contribution is 2.30. The molecule has 116 valence electrons. The van der Waals surface area contributed by atoms with E-state index < -0.39 is 12.1 Å². The number of rotatable bonds is 4. The molecule has 4 nitrogen and oxygen atoms in total. The smallest absolute Gasteiger partial charge is 0.334 e. The molecule has 0 aromatic rings. The first-order chi connectivity index (χ1) is 9.60. The molecule has 1 N–H and O–H groups in total. The predicted molar refractivity (Wildman–Crippen MR) is 78.3 cm³/mol. The minimum Gasteiger partial charge on any atom is -0.467 e. The molecule has 2 aliphatic rings. The van der Waals surface area contributed by atoms with Crippen LogP contribution < -0.4 is 0 Å². The largest absolute Gasteiger partial charge is 0.467 e. The molecule has 1 aliphatic heterocycles. The second-order valence-electron chi connectivity index (χ2n) is 6.73. The summed E-state index contributed by atoms with van der Waals surface area (Å²) >= 11 is 0. The van der Waals surface area contributed by atoms with Crippen LogP contribution in [0.4, 0.5) is 0 Å². The monoisotopic (exact) mass is 283 g/mol. The van der Waals surface area contributed by atoms with Gasteiger partial charge in [0.25, 0.3) is 0 Å². The van der Waals surface area contributed by atoms with E-state index in [0.29, 0.717) is 0 Å². The quantitative estimate of drug-likeness (QED) is 0.802. The van der Waals surface area contributed by atoms with Crippen LogP contribution in [0.25, 0.3) is 0 Å². The lowest BCUT2D eigenvalue weighted by atomic mass is 9.82. The Morgan fingerprint density at radius 2 is 1.80 bits per heavy atom. The van der Waals surface area contributed by atoms with Crippen molar-refractivity contribution < 1.29 is 14.6 Å². The highest BCUT2D eigenvalue weighted by molar-refractivity contribution is 5.74. The van der Waals surface area contributed by atoms with E-state index in [1.165, 1.54) is 39.3 Å². The molecule has 1 unspecified atom stereocenters. The summed E-state index contributed by atoms with van der Waals surface area (Å²) in [7, 11) is 1.34. The first-order valence-corrected chi connectivity index (χ1v) is 8.08. The lowest BCUT2D eigenvalue weighted by Gasteiger charge is -2.37. The maximum absolute atomic E-state index is 11.4. The van der Waals surface area contributed by atoms with Crippen LogP contribution in [-0.2, 0) is 9.53 Å². The maximum atomic E-state index is 11.4. The van der Waals surface area contributed by atoms with Crippen LogP contribution >= 0.6 is 0 Å². The molecule has 2 rings (SSSR count). The summed E-state index contributed by atoms with van der Waals surface area (Å²) in [4.78, 5) is 13.9. The fraction of sp³-hybridized carbons (Fsp3) is 0.938. The van der Waals surface area contributed by atoms with Crippen molar-refractivity contribution in [1.82, 2.24) is 4.90 Å². The van der Waals surface area contributed by atoms with E-state index in [2.05, 4.69) is 16.6 Å². The number of aliphatic hydroxyl groups excluding tert-OH is 1. The molecule has 1 atom stereocenters. The summed E-state index contributed by atoms with van der Waals surface area (Å²) in [5, 5.41) is 9.89. The third-order valence-corrected chi connectivity index (χ3v) is 5.17. The van der Waals surface area contributed by atoms with Crippen LogP contribution in [-0.4, -0.2) is 48.8 Å². The second kappa shape index (κ2) is 7.41. The van der Waals surface area contributed by atoms with Gasteiger partial charge >= 0.3 is 5.97 Å². The van der Waals surface area contributed by atoms with Gasteiger partial charge in [0.1, 0.15) is 0 Å². The molecule has 20 heavy (non-hydrogen) atoms. The summed E-state index contributed by atoms with van der Waals surface area (Å²) in [5.74, 6) is 1.36. The van der Waals surface area contributed by atoms with E-state index in [4.69, 9.17) is 0 Å². The van der Waals surface area contributed by atoms with Crippen LogP contribution in [0.1, 0.15) is 45.4 Å². The summed E-state index contributed by atoms with van der Waals surface area (Å²) in [6.45, 7) is 5.57. The van der Waals surface area contributed by atoms with Crippen molar-refractivity contribution in [2.75, 3.05) is 26.7 Å². The van der Waals surface area contributed by atoms with Gasteiger partial charge < -0.3 is 14.7 Å². The zero-order valence-electron chi connectivity index (χ0n) is 12.9. The topological polar surface area (TPSA) is 49.8 Å². The van der Waals surface area contributed by atoms with Crippen molar-refractivity contribution >= 4 is 5.97 Å². The third-order valence-electron chi connectivity index (χ3n) is 5.17. The van der Waals surface area contributed by atoms with Crippen molar-refractivity contribution in [3.63, 3.8) is 0 Å². The van der Waals surface area contributed by atoms with Crippen LogP contribution in [0.5, 0.6) is 0 Å². The second-order valence-corrected chi connectivity index (χ2v) is 6.73. The molecule has 4 heteroatoms. The summed E-state index contributed by atoms with van der Waals surface area (Å²) in [6, 6.07) is 0. The van der Waals surface area contributed by atoms with Gasteiger partial charge in [-0.05, 0) is 56.5 Å². The third kappa shape index (κ3) is 4.19. The van der Waals surface area contributed by atoms with Crippen LogP contribution in [0, 0.1) is 17.8 Å². The lowest BCUT2D eigenvalue weighted by molar-refractivity contribution is -0.154. The number of piperidine rings is 1. The lowest BCUT2D eigenvalue weighted by Crippen LogP contribution is -2.42. The Labute approximate surface area is 122 Å². The molecule has 0 aromatic carbocycles. The van der Waals surface area contributed by atoms with E-state index in [-0.39, 0.29) is 5.92 Å². The number of ether oxygens (including phenoxy) is 1. The van der Waals surface area contributed by atoms with Gasteiger partial charge in [0, 0.05) is 6.54 Å². The number of carbonyl (C=O) groups excluding carboxylic acids is 1. The molecule has 0 bridgehead atoms. The number of hydrogen-bond donors (Lipinski definition) is 1. The number of carbonyl (C=O) groups is 1. The van der Waals surface area contributed by atoms with Crippen molar-refractivity contribution in [2.45, 2.75) is 51.6 Å². The first-order valence-electron chi connectivity index (χ1n) is 8.08. The average Bonchev–Trinajstić information content (AvgIpc) is 2.49. The molecule has 0 spiro atoms. The maximum Gasteiger partial charge on any atom is 0.334 e. The number of aliphatic hydroxyl groups is 1. The zero-order chi connectivity index (χ0) is 14.5. The molecular formula is C16H29NO3. The Morgan fingerprint density at radius 3 is 2.35 bits per heavy atom. The van der Waals surface area contributed by atoms with Crippen molar-refractivity contribution in [3.8, 4) is 0 Å². The molecule has 1 heterocycles. The van der Waals surface area contributed by atoms with Crippen molar-refractivity contribution in [1.29, 1.82) is 0 Å². The number of methoxy groups -OCH3 is 1. The van der Waals surface area contributed by atoms with E-state index in [1.54, 1.807) is 0 Å². The van der Waals surface area contributed by atoms with Gasteiger partial charge in [-0.1, -0.05) is 19.8 Å². The van der Waals surface area contributed by atoms with Gasteiger partial charge in [-0.2, -0.15) is 0 Å². The van der Waals surface area contributed by atoms with Gasteiger partial charge in [0.05, 0.1) is 7.11 Å². The fourth-order valence-electron chi connectivity index (χ4n) is 3.64. The van der Waals surface area contributed by atoms with Crippen molar-refractivity contribution in [3.05, 3.63) is 0 Å². The molecule has 1 saturated heterocycles. The van der Waals surface area contributed by atoms with Gasteiger partial charge in [-0.3, -0.25) is 0 Å². The number of likely N-dealkylation sites (tertiary alicyclic amines) is 1. The Balaban J connectivity index is 1.70. The van der Waals surface area contributed by atoms with Crippen LogP contribution in [0.15, 0.2) is 0 Å². The summed E-state index contributed by atoms with van der Waals surface area (Å²) in [5.41, 5.74) is 0. The molecule has 2 fully saturated rings. The van der Waals surface area contributed by atoms with Gasteiger partial charge in [-0.15, -0.1) is 0 Å². The van der Waals surface area contributed by atoms with E-state index in [1.807, 2.05) is 0 Å². The number of esters is 1. The fourth-order valence-corrected chi connectivity index (χ4v) is 3.64. The Kier molecular flexibility index (Phi) is 5.85. The zero-order valence-corrected chi connectivity index (χ0v) is 12.9. The molecule has 1 aliphatic carbocycles. The highest BCUT2D eigenvalue weighted by Gasteiger charge is 2.31. The van der Waals surface area contributed by atoms with E-state index in [9.17, 15) is 9.90 Å². The standard InChI is InChI=1S/C16H29NO3/c1-12-3-5-13(6-4-12)11-17-9-7-14(8-10-17)15(18)16(19)20-2/h12-15,18H,3-11H2,1-2H3. The normalized spacial score (nSPS) is 30.9. The predicted octanol–water partition coefficient (Wildman–Crippen LogP) is 2.06. The van der Waals surface area contributed by atoms with Crippen molar-refractivity contribution in [2.24, 2.45) is 17.8 Å². The average molecular weight is 283 g/mol. The Hall–Kier alpha value is -0.610. The van der Waals surface area contributed by atoms with Crippen LogP contribution in [0.3, 0.4) is 0 Å². The summed E-state index contributed by atoms with van der Waals surface area (Å²) < 4.78 is 4.62. The number of nitrogens with zero attached hydrogens (tertiary/aromatic N) is 1. The van der Waals surface area contributed by atoms with E-state index in [0.717, 1.165) is 37.8 Å². The molecule has 0 amide bonds. The Bertz CT molecular complexity index is 305.